The molecule has 0 aliphatic carbocycles. The van der Waals surface area contributed by atoms with Gasteiger partial charge in [-0.15, -0.1) is 0 Å². The number of anilines is 1. The summed E-state index contributed by atoms with van der Waals surface area (Å²) in [7, 11) is 0. The summed E-state index contributed by atoms with van der Waals surface area (Å²) in [6.45, 7) is 1.72. The predicted octanol–water partition coefficient (Wildman–Crippen LogP) is 3.48. The van der Waals surface area contributed by atoms with Crippen molar-refractivity contribution in [3.05, 3.63) is 66.9 Å². The van der Waals surface area contributed by atoms with Crippen LogP contribution in [0.5, 0.6) is 5.75 Å². The number of ether oxygens (including phenoxy) is 1. The summed E-state index contributed by atoms with van der Waals surface area (Å²) in [4.78, 5) is 12.3. The fourth-order valence-electron chi connectivity index (χ4n) is 2.18. The number of carbonyl (C=O) groups is 1. The lowest BCUT2D eigenvalue weighted by atomic mass is 10.1. The Morgan fingerprint density at radius 2 is 1.96 bits per heavy atom. The summed E-state index contributed by atoms with van der Waals surface area (Å²) < 4.78 is 5.62. The maximum absolute atomic E-state index is 12.3. The first kappa shape index (κ1) is 14.8. The minimum absolute atomic E-state index is 0.199. The highest BCUT2D eigenvalue weighted by molar-refractivity contribution is 5.94. The quantitative estimate of drug-likeness (QED) is 0.758. The molecule has 1 unspecified atom stereocenters. The fourth-order valence-corrected chi connectivity index (χ4v) is 2.18. The number of hydrogen-bond donors (Lipinski definition) is 2. The first-order chi connectivity index (χ1) is 11.2. The second-order valence-corrected chi connectivity index (χ2v) is 5.11. The van der Waals surface area contributed by atoms with Gasteiger partial charge in [0.05, 0.1) is 5.69 Å². The normalized spacial score (nSPS) is 11.7. The van der Waals surface area contributed by atoms with Crippen LogP contribution in [0.25, 0.3) is 11.3 Å². The first-order valence-corrected chi connectivity index (χ1v) is 7.35. The van der Waals surface area contributed by atoms with E-state index in [0.29, 0.717) is 11.4 Å². The van der Waals surface area contributed by atoms with Gasteiger partial charge in [0, 0.05) is 17.4 Å². The number of para-hydroxylation sites is 1. The van der Waals surface area contributed by atoms with Crippen molar-refractivity contribution in [2.75, 3.05) is 5.32 Å². The van der Waals surface area contributed by atoms with E-state index in [1.165, 1.54) is 0 Å². The number of nitrogens with zero attached hydrogens (tertiary/aromatic N) is 1. The Balaban J connectivity index is 1.67. The topological polar surface area (TPSA) is 67.0 Å². The van der Waals surface area contributed by atoms with E-state index in [4.69, 9.17) is 4.74 Å². The molecule has 0 aliphatic heterocycles. The van der Waals surface area contributed by atoms with Crippen molar-refractivity contribution in [1.29, 1.82) is 0 Å². The van der Waals surface area contributed by atoms with Crippen LogP contribution >= 0.6 is 0 Å². The summed E-state index contributed by atoms with van der Waals surface area (Å²) in [5.74, 6) is 0.469. The molecule has 0 saturated carbocycles. The Labute approximate surface area is 134 Å². The Kier molecular flexibility index (Phi) is 4.38. The summed E-state index contributed by atoms with van der Waals surface area (Å²) in [6, 6.07) is 18.7. The van der Waals surface area contributed by atoms with Crippen LogP contribution in [0.1, 0.15) is 6.92 Å². The van der Waals surface area contributed by atoms with E-state index in [-0.39, 0.29) is 5.91 Å². The van der Waals surface area contributed by atoms with Gasteiger partial charge < -0.3 is 10.1 Å². The lowest BCUT2D eigenvalue weighted by Gasteiger charge is -2.15. The third-order valence-corrected chi connectivity index (χ3v) is 3.37. The molecule has 1 atom stereocenters. The van der Waals surface area contributed by atoms with E-state index in [1.807, 2.05) is 60.7 Å². The molecule has 1 amide bonds. The SMILES string of the molecule is CC(Oc1ccccc1)C(=O)Nc1cccc(-c2ccn[nH]2)c1. The number of H-pyrrole nitrogens is 1. The van der Waals surface area contributed by atoms with Gasteiger partial charge in [0.15, 0.2) is 6.10 Å². The molecule has 0 spiro atoms. The van der Waals surface area contributed by atoms with Crippen molar-refractivity contribution in [1.82, 2.24) is 10.2 Å². The maximum Gasteiger partial charge on any atom is 0.265 e. The number of carbonyl (C=O) groups excluding carboxylic acids is 1. The number of amides is 1. The van der Waals surface area contributed by atoms with Gasteiger partial charge in [-0.25, -0.2) is 0 Å². The Morgan fingerprint density at radius 1 is 1.13 bits per heavy atom. The Hall–Kier alpha value is -3.08. The van der Waals surface area contributed by atoms with Crippen molar-refractivity contribution < 1.29 is 9.53 Å². The standard InChI is InChI=1S/C18H17N3O2/c1-13(23-16-8-3-2-4-9-16)18(22)20-15-7-5-6-14(12-15)17-10-11-19-21-17/h2-13H,1H3,(H,19,21)(H,20,22). The zero-order valence-electron chi connectivity index (χ0n) is 12.7. The summed E-state index contributed by atoms with van der Waals surface area (Å²) in [5, 5.41) is 9.70. The fraction of sp³-hybridized carbons (Fsp3) is 0.111. The smallest absolute Gasteiger partial charge is 0.265 e. The van der Waals surface area contributed by atoms with E-state index in [0.717, 1.165) is 11.3 Å². The zero-order chi connectivity index (χ0) is 16.1. The molecule has 2 N–H and O–H groups in total. The van der Waals surface area contributed by atoms with Gasteiger partial charge >= 0.3 is 0 Å². The van der Waals surface area contributed by atoms with E-state index in [1.54, 1.807) is 13.1 Å². The van der Waals surface area contributed by atoms with Crippen LogP contribution < -0.4 is 10.1 Å². The third-order valence-electron chi connectivity index (χ3n) is 3.37. The van der Waals surface area contributed by atoms with Crippen LogP contribution in [0.3, 0.4) is 0 Å². The number of aromatic amines is 1. The molecular weight excluding hydrogens is 290 g/mol. The number of aromatic nitrogens is 2. The van der Waals surface area contributed by atoms with Gasteiger partial charge in [0.2, 0.25) is 0 Å². The predicted molar refractivity (Wildman–Crippen MR) is 89.2 cm³/mol. The van der Waals surface area contributed by atoms with Crippen LogP contribution in [0.2, 0.25) is 0 Å². The van der Waals surface area contributed by atoms with Crippen LogP contribution in [-0.2, 0) is 4.79 Å². The second-order valence-electron chi connectivity index (χ2n) is 5.11. The summed E-state index contributed by atoms with van der Waals surface area (Å²) >= 11 is 0. The van der Waals surface area contributed by atoms with Crippen molar-refractivity contribution in [2.24, 2.45) is 0 Å². The van der Waals surface area contributed by atoms with Crippen molar-refractivity contribution in [3.8, 4) is 17.0 Å². The number of benzene rings is 2. The van der Waals surface area contributed by atoms with Crippen LogP contribution in [-0.4, -0.2) is 22.2 Å². The second kappa shape index (κ2) is 6.79. The molecule has 0 fully saturated rings. The molecule has 5 heteroatoms. The van der Waals surface area contributed by atoms with E-state index in [2.05, 4.69) is 15.5 Å². The summed E-state index contributed by atoms with van der Waals surface area (Å²) in [5.41, 5.74) is 2.57. The highest BCUT2D eigenvalue weighted by atomic mass is 16.5. The van der Waals surface area contributed by atoms with Gasteiger partial charge in [-0.1, -0.05) is 30.3 Å². The van der Waals surface area contributed by atoms with E-state index in [9.17, 15) is 4.79 Å². The molecule has 0 bridgehead atoms. The minimum atomic E-state index is -0.590. The van der Waals surface area contributed by atoms with Gasteiger partial charge in [-0.2, -0.15) is 5.10 Å². The van der Waals surface area contributed by atoms with Crippen LogP contribution in [0.15, 0.2) is 66.9 Å². The average Bonchev–Trinajstić information content (AvgIpc) is 3.10. The van der Waals surface area contributed by atoms with Gasteiger partial charge in [-0.05, 0) is 37.3 Å². The van der Waals surface area contributed by atoms with Gasteiger partial charge in [0.1, 0.15) is 5.75 Å². The molecule has 2 aromatic carbocycles. The van der Waals surface area contributed by atoms with Crippen LogP contribution in [0.4, 0.5) is 5.69 Å². The largest absolute Gasteiger partial charge is 0.481 e. The molecule has 3 rings (SSSR count). The Morgan fingerprint density at radius 3 is 2.70 bits per heavy atom. The van der Waals surface area contributed by atoms with Gasteiger partial charge in [-0.3, -0.25) is 9.89 Å². The van der Waals surface area contributed by atoms with Crippen molar-refractivity contribution in [3.63, 3.8) is 0 Å². The highest BCUT2D eigenvalue weighted by Gasteiger charge is 2.15. The molecular formula is C18H17N3O2. The first-order valence-electron chi connectivity index (χ1n) is 7.35. The maximum atomic E-state index is 12.3. The third kappa shape index (κ3) is 3.77. The average molecular weight is 307 g/mol. The Bertz CT molecular complexity index is 770. The molecule has 5 nitrogen and oxygen atoms in total. The summed E-state index contributed by atoms with van der Waals surface area (Å²) in [6.07, 6.45) is 1.10. The molecule has 1 heterocycles. The van der Waals surface area contributed by atoms with Gasteiger partial charge in [0.25, 0.3) is 5.91 Å². The number of nitrogens with one attached hydrogen (secondary N) is 2. The van der Waals surface area contributed by atoms with E-state index < -0.39 is 6.10 Å². The zero-order valence-corrected chi connectivity index (χ0v) is 12.7. The molecule has 0 saturated heterocycles. The molecule has 116 valence electrons. The number of rotatable bonds is 5. The monoisotopic (exact) mass is 307 g/mol. The highest BCUT2D eigenvalue weighted by Crippen LogP contribution is 2.20. The lowest BCUT2D eigenvalue weighted by Crippen LogP contribution is -2.30. The van der Waals surface area contributed by atoms with Crippen molar-refractivity contribution >= 4 is 11.6 Å². The molecule has 0 aliphatic rings. The minimum Gasteiger partial charge on any atom is -0.481 e. The molecule has 3 aromatic rings. The van der Waals surface area contributed by atoms with E-state index >= 15 is 0 Å². The van der Waals surface area contributed by atoms with Crippen molar-refractivity contribution in [2.45, 2.75) is 13.0 Å². The van der Waals surface area contributed by atoms with Crippen LogP contribution in [0, 0.1) is 0 Å². The molecule has 0 radical (unpaired) electrons. The lowest BCUT2D eigenvalue weighted by molar-refractivity contribution is -0.122. The molecule has 23 heavy (non-hydrogen) atoms. The molecule has 1 aromatic heterocycles. The number of hydrogen-bond acceptors (Lipinski definition) is 3.